The lowest BCUT2D eigenvalue weighted by Gasteiger charge is -2.56. The molecule has 0 aromatic carbocycles. The van der Waals surface area contributed by atoms with Gasteiger partial charge in [0.05, 0.1) is 29.7 Å². The van der Waals surface area contributed by atoms with Crippen LogP contribution in [-0.4, -0.2) is 89.2 Å². The molecule has 0 aromatic heterocycles. The highest BCUT2D eigenvalue weighted by atomic mass is 16.5. The molecule has 4 saturated heterocycles. The third-order valence-electron chi connectivity index (χ3n) is 11.3. The Labute approximate surface area is 248 Å². The molecule has 0 aromatic rings. The van der Waals surface area contributed by atoms with Gasteiger partial charge in [0, 0.05) is 35.1 Å². The average molecular weight is 583 g/mol. The van der Waals surface area contributed by atoms with Gasteiger partial charge in [0.15, 0.2) is 0 Å². The van der Waals surface area contributed by atoms with E-state index in [9.17, 15) is 29.6 Å². The second-order valence-corrected chi connectivity index (χ2v) is 16.2. The minimum atomic E-state index is -0.795. The average Bonchev–Trinajstić information content (AvgIpc) is 3.13. The van der Waals surface area contributed by atoms with E-state index in [1.54, 1.807) is 0 Å². The van der Waals surface area contributed by atoms with Crippen molar-refractivity contribution < 1.29 is 29.6 Å². The minimum absolute atomic E-state index is 0.0264. The summed E-state index contributed by atoms with van der Waals surface area (Å²) in [4.78, 5) is 56.6. The summed E-state index contributed by atoms with van der Waals surface area (Å²) in [5, 5.41) is 24.9. The van der Waals surface area contributed by atoms with E-state index < -0.39 is 51.9 Å². The highest BCUT2D eigenvalue weighted by Crippen LogP contribution is 2.60. The van der Waals surface area contributed by atoms with Crippen molar-refractivity contribution in [2.45, 2.75) is 116 Å². The number of piperidine rings is 2. The maximum absolute atomic E-state index is 14.2. The van der Waals surface area contributed by atoms with Gasteiger partial charge in [0.1, 0.15) is 0 Å². The van der Waals surface area contributed by atoms with Gasteiger partial charge in [-0.3, -0.25) is 29.0 Å². The molecule has 2 aliphatic carbocycles. The van der Waals surface area contributed by atoms with Crippen molar-refractivity contribution in [3.63, 3.8) is 0 Å². The summed E-state index contributed by atoms with van der Waals surface area (Å²) >= 11 is 0. The van der Waals surface area contributed by atoms with Gasteiger partial charge in [-0.2, -0.15) is 10.1 Å². The number of amides is 4. The SMILES string of the molecule is CC1C(=C2CC(C)(C)N(O)C(C)(C)C2)C(N2C(=O)C3C4C(=O)N(C)C(=O)C4C3C2=O)C1=C1CC(C)(C)N(O)C(C)(C)C1. The molecule has 4 unspecified atom stereocenters. The Morgan fingerprint density at radius 2 is 0.857 bits per heavy atom. The van der Waals surface area contributed by atoms with Gasteiger partial charge in [0.2, 0.25) is 23.6 Å². The Morgan fingerprint density at radius 1 is 0.571 bits per heavy atom. The highest BCUT2D eigenvalue weighted by Gasteiger charge is 2.74. The summed E-state index contributed by atoms with van der Waals surface area (Å²) in [6, 6.07) is -0.576. The first kappa shape index (κ1) is 29.7. The first-order valence-corrected chi connectivity index (χ1v) is 15.3. The van der Waals surface area contributed by atoms with Crippen LogP contribution in [0.2, 0.25) is 0 Å². The van der Waals surface area contributed by atoms with E-state index >= 15 is 0 Å². The van der Waals surface area contributed by atoms with Crippen molar-refractivity contribution in [3.05, 3.63) is 22.3 Å². The van der Waals surface area contributed by atoms with E-state index in [1.165, 1.54) is 22.1 Å². The van der Waals surface area contributed by atoms with Crippen molar-refractivity contribution in [1.29, 1.82) is 0 Å². The number of hydrogen-bond acceptors (Lipinski definition) is 8. The van der Waals surface area contributed by atoms with Crippen molar-refractivity contribution in [1.82, 2.24) is 19.9 Å². The summed E-state index contributed by atoms with van der Waals surface area (Å²) in [7, 11) is 1.43. The fourth-order valence-corrected chi connectivity index (χ4v) is 9.77. The van der Waals surface area contributed by atoms with Crippen LogP contribution in [0.5, 0.6) is 0 Å². The van der Waals surface area contributed by atoms with Crippen LogP contribution in [0, 0.1) is 29.6 Å². The number of carbonyl (C=O) groups excluding carboxylic acids is 4. The maximum Gasteiger partial charge on any atom is 0.234 e. The fraction of sp³-hybridized carbons (Fsp3) is 0.750. The smallest absolute Gasteiger partial charge is 0.234 e. The maximum atomic E-state index is 14.2. The molecule has 0 spiro atoms. The zero-order valence-corrected chi connectivity index (χ0v) is 26.6. The van der Waals surface area contributed by atoms with Crippen LogP contribution in [0.3, 0.4) is 0 Å². The molecular weight excluding hydrogens is 536 g/mol. The Hall–Kier alpha value is -2.40. The molecule has 2 N–H and O–H groups in total. The third kappa shape index (κ3) is 3.64. The second-order valence-electron chi connectivity index (χ2n) is 16.2. The van der Waals surface area contributed by atoms with E-state index in [0.29, 0.717) is 25.7 Å². The van der Waals surface area contributed by atoms with Crippen molar-refractivity contribution >= 4 is 23.6 Å². The first-order chi connectivity index (χ1) is 19.2. The van der Waals surface area contributed by atoms with Crippen LogP contribution in [0.25, 0.3) is 0 Å². The van der Waals surface area contributed by atoms with Gasteiger partial charge in [0.25, 0.3) is 0 Å². The summed E-state index contributed by atoms with van der Waals surface area (Å²) in [6.45, 7) is 18.1. The topological polar surface area (TPSA) is 122 Å². The first-order valence-electron chi connectivity index (χ1n) is 15.3. The molecule has 2 saturated carbocycles. The van der Waals surface area contributed by atoms with E-state index in [2.05, 4.69) is 6.92 Å². The number of rotatable bonds is 1. The molecule has 10 heteroatoms. The molecular formula is C32H46N4O6. The van der Waals surface area contributed by atoms with Gasteiger partial charge in [-0.25, -0.2) is 0 Å². The van der Waals surface area contributed by atoms with Gasteiger partial charge in [-0.15, -0.1) is 0 Å². The Morgan fingerprint density at radius 3 is 1.17 bits per heavy atom. The van der Waals surface area contributed by atoms with Crippen LogP contribution in [0.15, 0.2) is 22.3 Å². The quantitative estimate of drug-likeness (QED) is 0.356. The Bertz CT molecular complexity index is 1250. The molecule has 0 bridgehead atoms. The summed E-state index contributed by atoms with van der Waals surface area (Å²) < 4.78 is 0. The van der Waals surface area contributed by atoms with Crippen LogP contribution < -0.4 is 0 Å². The van der Waals surface area contributed by atoms with E-state index in [-0.39, 0.29) is 29.5 Å². The summed E-state index contributed by atoms with van der Waals surface area (Å²) in [5.41, 5.74) is 2.14. The molecule has 6 rings (SSSR count). The number of nitrogens with zero attached hydrogens (tertiary/aromatic N) is 4. The molecule has 4 heterocycles. The van der Waals surface area contributed by atoms with E-state index in [4.69, 9.17) is 0 Å². The zero-order valence-electron chi connectivity index (χ0n) is 26.6. The normalized spacial score (nSPS) is 39.0. The molecule has 6 fully saturated rings. The molecule has 230 valence electrons. The number of hydroxylamine groups is 4. The monoisotopic (exact) mass is 582 g/mol. The lowest BCUT2D eigenvalue weighted by Crippen LogP contribution is -2.60. The van der Waals surface area contributed by atoms with Crippen molar-refractivity contribution in [2.24, 2.45) is 29.6 Å². The zero-order chi connectivity index (χ0) is 31.2. The molecule has 0 radical (unpaired) electrons. The second kappa shape index (κ2) is 8.61. The summed E-state index contributed by atoms with van der Waals surface area (Å²) in [6.07, 6.45) is 2.35. The predicted molar refractivity (Wildman–Crippen MR) is 153 cm³/mol. The largest absolute Gasteiger partial charge is 0.313 e. The number of likely N-dealkylation sites (tertiary alicyclic amines) is 2. The molecule has 42 heavy (non-hydrogen) atoms. The lowest BCUT2D eigenvalue weighted by molar-refractivity contribution is -0.233. The Kier molecular flexibility index (Phi) is 6.08. The minimum Gasteiger partial charge on any atom is -0.313 e. The number of carbonyl (C=O) groups is 4. The number of imide groups is 2. The van der Waals surface area contributed by atoms with Gasteiger partial charge >= 0.3 is 0 Å². The fourth-order valence-electron chi connectivity index (χ4n) is 9.77. The highest BCUT2D eigenvalue weighted by molar-refractivity contribution is 6.18. The van der Waals surface area contributed by atoms with Gasteiger partial charge in [-0.05, 0) is 92.2 Å². The summed E-state index contributed by atoms with van der Waals surface area (Å²) in [5.74, 6) is -4.58. The Balaban J connectivity index is 1.49. The van der Waals surface area contributed by atoms with E-state index in [0.717, 1.165) is 27.2 Å². The van der Waals surface area contributed by atoms with Crippen LogP contribution >= 0.6 is 0 Å². The number of fused-ring (bicyclic) bond motifs is 4. The third-order valence-corrected chi connectivity index (χ3v) is 11.3. The van der Waals surface area contributed by atoms with Crippen LogP contribution in [0.1, 0.15) is 88.0 Å². The van der Waals surface area contributed by atoms with E-state index in [1.807, 2.05) is 55.4 Å². The molecule has 10 nitrogen and oxygen atoms in total. The molecule has 4 aliphatic heterocycles. The van der Waals surface area contributed by atoms with Crippen LogP contribution in [-0.2, 0) is 19.2 Å². The van der Waals surface area contributed by atoms with Gasteiger partial charge < -0.3 is 10.4 Å². The van der Waals surface area contributed by atoms with Gasteiger partial charge in [-0.1, -0.05) is 18.1 Å². The molecule has 4 amide bonds. The predicted octanol–water partition coefficient (Wildman–Crippen LogP) is 3.53. The van der Waals surface area contributed by atoms with Crippen molar-refractivity contribution in [3.8, 4) is 0 Å². The molecule has 4 atom stereocenters. The number of hydrogen-bond donors (Lipinski definition) is 2. The molecule has 6 aliphatic rings. The standard InChI is InChI=1S/C32H46N4O6/c1-15-18(16-11-29(2,3)35(41)30(4,5)12-16)24(19(15)17-13-31(6,7)36(42)32(8,9)14-17)34-27(39)22-20-21(23(22)28(34)40)26(38)33(10)25(20)37/h15,20-24,41-42H,11-14H2,1-10H3. The lowest BCUT2D eigenvalue weighted by atomic mass is 9.59. The van der Waals surface area contributed by atoms with Crippen molar-refractivity contribution in [2.75, 3.05) is 7.05 Å². The van der Waals surface area contributed by atoms with Crippen LogP contribution in [0.4, 0.5) is 0 Å².